The number of nitrogens with zero attached hydrogens (tertiary/aromatic N) is 1. The van der Waals surface area contributed by atoms with Crippen LogP contribution in [0.15, 0.2) is 61.8 Å². The largest absolute Gasteiger partial charge is 0.219 e. The fraction of sp³-hybridized carbons (Fsp3) is 0.421. The molecule has 122 valence electrons. The Balaban J connectivity index is 5.07. The molecule has 0 unspecified atom stereocenters. The summed E-state index contributed by atoms with van der Waals surface area (Å²) in [5.74, 6) is 0. The monoisotopic (exact) mass is 335 g/mol. The van der Waals surface area contributed by atoms with Crippen LogP contribution in [-0.4, -0.2) is 12.5 Å². The molecule has 22 heavy (non-hydrogen) atoms. The first kappa shape index (κ1) is 21.1. The van der Waals surface area contributed by atoms with Crippen molar-refractivity contribution in [3.8, 4) is 0 Å². The summed E-state index contributed by atoms with van der Waals surface area (Å²) < 4.78 is 5.57. The third-order valence-corrected chi connectivity index (χ3v) is 4.90. The Morgan fingerprint density at radius 3 is 2.36 bits per heavy atom. The van der Waals surface area contributed by atoms with E-state index in [1.807, 2.05) is 18.5 Å². The van der Waals surface area contributed by atoms with Gasteiger partial charge in [-0.1, -0.05) is 44.2 Å². The fourth-order valence-electron chi connectivity index (χ4n) is 2.16. The summed E-state index contributed by atoms with van der Waals surface area (Å²) in [6.45, 7) is 14.6. The third kappa shape index (κ3) is 8.50. The van der Waals surface area contributed by atoms with Gasteiger partial charge < -0.3 is 0 Å². The van der Waals surface area contributed by atoms with Crippen molar-refractivity contribution in [2.45, 2.75) is 47.5 Å². The van der Waals surface area contributed by atoms with Crippen molar-refractivity contribution in [3.05, 3.63) is 57.4 Å². The van der Waals surface area contributed by atoms with Gasteiger partial charge in [0, 0.05) is 18.2 Å². The lowest BCUT2D eigenvalue weighted by molar-refractivity contribution is 1.06. The average Bonchev–Trinajstić information content (AvgIpc) is 2.47. The second kappa shape index (κ2) is 12.6. The van der Waals surface area contributed by atoms with E-state index in [1.165, 1.54) is 34.2 Å². The smallest absolute Gasteiger partial charge is 0.0630 e. The molecule has 0 saturated heterocycles. The Bertz CT molecular complexity index is 506. The summed E-state index contributed by atoms with van der Waals surface area (Å²) in [4.78, 5) is 0. The van der Waals surface area contributed by atoms with Gasteiger partial charge in [-0.25, -0.2) is 4.40 Å². The van der Waals surface area contributed by atoms with Crippen LogP contribution in [0.5, 0.6) is 0 Å². The molecule has 0 N–H and O–H groups in total. The number of hydrogen-bond donors (Lipinski definition) is 0. The van der Waals surface area contributed by atoms with E-state index < -0.39 is 0 Å². The summed E-state index contributed by atoms with van der Waals surface area (Å²) in [5.41, 5.74) is 5.31. The highest BCUT2D eigenvalue weighted by atomic mass is 32.2. The molecule has 0 fully saturated rings. The zero-order chi connectivity index (χ0) is 17.0. The van der Waals surface area contributed by atoms with E-state index in [0.29, 0.717) is 0 Å². The molecule has 0 aliphatic carbocycles. The molecule has 0 saturated carbocycles. The van der Waals surface area contributed by atoms with E-state index >= 15 is 0 Å². The second-order valence-electron chi connectivity index (χ2n) is 4.95. The van der Waals surface area contributed by atoms with Crippen LogP contribution in [0, 0.1) is 0 Å². The molecule has 0 heterocycles. The Kier molecular flexibility index (Phi) is 12.1. The highest BCUT2D eigenvalue weighted by molar-refractivity contribution is 8.21. The van der Waals surface area contributed by atoms with Crippen molar-refractivity contribution in [1.82, 2.24) is 0 Å². The van der Waals surface area contributed by atoms with Crippen molar-refractivity contribution in [2.24, 2.45) is 4.40 Å². The fourth-order valence-corrected chi connectivity index (χ4v) is 3.30. The van der Waals surface area contributed by atoms with Crippen molar-refractivity contribution < 1.29 is 0 Å². The lowest BCUT2D eigenvalue weighted by Crippen LogP contribution is -1.90. The summed E-state index contributed by atoms with van der Waals surface area (Å²) in [6.07, 6.45) is 14.4. The number of hydrogen-bond acceptors (Lipinski definition) is 3. The van der Waals surface area contributed by atoms with Crippen LogP contribution in [0.1, 0.15) is 47.5 Å². The quantitative estimate of drug-likeness (QED) is 0.252. The molecule has 0 aromatic carbocycles. The molecule has 0 aromatic rings. The van der Waals surface area contributed by atoms with Crippen LogP contribution in [-0.2, 0) is 0 Å². The molecule has 0 spiro atoms. The molecule has 0 atom stereocenters. The van der Waals surface area contributed by atoms with Crippen LogP contribution >= 0.6 is 23.7 Å². The lowest BCUT2D eigenvalue weighted by Gasteiger charge is -2.09. The predicted molar refractivity (Wildman–Crippen MR) is 109 cm³/mol. The molecule has 1 nitrogen and oxygen atoms in total. The molecule has 0 aliphatic heterocycles. The molecule has 0 bridgehead atoms. The molecular weight excluding hydrogens is 306 g/mol. The number of allylic oxidation sites excluding steroid dienone is 8. The zero-order valence-electron chi connectivity index (χ0n) is 14.8. The summed E-state index contributed by atoms with van der Waals surface area (Å²) in [6, 6.07) is 0. The second-order valence-corrected chi connectivity index (χ2v) is 6.89. The minimum Gasteiger partial charge on any atom is -0.219 e. The minimum atomic E-state index is 1.06. The van der Waals surface area contributed by atoms with Gasteiger partial charge in [-0.3, -0.25) is 0 Å². The highest BCUT2D eigenvalue weighted by Gasteiger charge is 2.01. The Hall–Kier alpha value is -0.930. The van der Waals surface area contributed by atoms with Crippen molar-refractivity contribution in [3.63, 3.8) is 0 Å². The topological polar surface area (TPSA) is 12.4 Å². The van der Waals surface area contributed by atoms with Gasteiger partial charge in [-0.15, -0.1) is 11.8 Å². The maximum Gasteiger partial charge on any atom is 0.0630 e. The maximum atomic E-state index is 4.43. The number of thioether (sulfide) groups is 1. The lowest BCUT2D eigenvalue weighted by atomic mass is 9.97. The molecule has 0 aliphatic rings. The van der Waals surface area contributed by atoms with Crippen LogP contribution in [0.2, 0.25) is 0 Å². The minimum absolute atomic E-state index is 1.06. The van der Waals surface area contributed by atoms with Crippen LogP contribution in [0.4, 0.5) is 0 Å². The summed E-state index contributed by atoms with van der Waals surface area (Å²) in [5, 5.41) is 0. The van der Waals surface area contributed by atoms with Gasteiger partial charge >= 0.3 is 0 Å². The summed E-state index contributed by atoms with van der Waals surface area (Å²) in [7, 11) is 0. The van der Waals surface area contributed by atoms with Gasteiger partial charge in [0.1, 0.15) is 0 Å². The van der Waals surface area contributed by atoms with E-state index in [-0.39, 0.29) is 0 Å². The van der Waals surface area contributed by atoms with Crippen LogP contribution in [0.25, 0.3) is 0 Å². The van der Waals surface area contributed by atoms with E-state index in [0.717, 1.165) is 17.1 Å². The van der Waals surface area contributed by atoms with Gasteiger partial charge in [-0.05, 0) is 62.7 Å². The Morgan fingerprint density at radius 1 is 1.18 bits per heavy atom. The summed E-state index contributed by atoms with van der Waals surface area (Å²) >= 11 is 3.16. The van der Waals surface area contributed by atoms with Crippen molar-refractivity contribution in [2.75, 3.05) is 6.26 Å². The molecule has 0 radical (unpaired) electrons. The van der Waals surface area contributed by atoms with E-state index in [1.54, 1.807) is 17.8 Å². The first-order chi connectivity index (χ1) is 10.5. The Morgan fingerprint density at radius 2 is 1.86 bits per heavy atom. The van der Waals surface area contributed by atoms with Gasteiger partial charge in [0.2, 0.25) is 0 Å². The van der Waals surface area contributed by atoms with E-state index in [4.69, 9.17) is 0 Å². The number of rotatable bonds is 9. The van der Waals surface area contributed by atoms with Crippen molar-refractivity contribution in [1.29, 1.82) is 0 Å². The van der Waals surface area contributed by atoms with Crippen molar-refractivity contribution >= 4 is 29.9 Å². The normalized spacial score (nSPS) is 15.3. The van der Waals surface area contributed by atoms with Gasteiger partial charge in [0.25, 0.3) is 0 Å². The SMILES string of the molecule is C=C/C=C(/SC)S\N=C/C(C)=C\C(C)=C(CC)\C(C)=C/CC. The van der Waals surface area contributed by atoms with Gasteiger partial charge in [0.05, 0.1) is 4.24 Å². The van der Waals surface area contributed by atoms with E-state index in [9.17, 15) is 0 Å². The van der Waals surface area contributed by atoms with Gasteiger partial charge in [0.15, 0.2) is 0 Å². The predicted octanol–water partition coefficient (Wildman–Crippen LogP) is 7.12. The molecule has 0 rings (SSSR count). The zero-order valence-corrected chi connectivity index (χ0v) is 16.4. The van der Waals surface area contributed by atoms with Crippen LogP contribution in [0.3, 0.4) is 0 Å². The standard InChI is InChI=1S/C19H29NS2/c1-8-11-16(5)18(10-3)17(6)13-15(4)14-20-22-19(21-7)12-9-2/h9,11-14H,2,8,10H2,1,3-7H3/b15-13-,16-11-,18-17+,19-12-,20-14-. The molecule has 3 heteroatoms. The Labute approximate surface area is 145 Å². The third-order valence-electron chi connectivity index (χ3n) is 3.11. The first-order valence-corrected chi connectivity index (χ1v) is 9.62. The van der Waals surface area contributed by atoms with Crippen LogP contribution < -0.4 is 0 Å². The van der Waals surface area contributed by atoms with E-state index in [2.05, 4.69) is 57.7 Å². The maximum absolute atomic E-state index is 4.43. The first-order valence-electron chi connectivity index (χ1n) is 7.62. The molecule has 0 amide bonds. The molecule has 0 aromatic heterocycles. The highest BCUT2D eigenvalue weighted by Crippen LogP contribution is 2.27. The average molecular weight is 336 g/mol. The molecular formula is C19H29NS2. The van der Waals surface area contributed by atoms with Gasteiger partial charge in [-0.2, -0.15) is 0 Å².